The molecular formula is C20H20Cl2N2O2. The highest BCUT2D eigenvalue weighted by molar-refractivity contribution is 6.36. The molecule has 136 valence electrons. The van der Waals surface area contributed by atoms with E-state index in [1.807, 2.05) is 37.8 Å². The van der Waals surface area contributed by atoms with Crippen molar-refractivity contribution in [2.45, 2.75) is 27.2 Å². The minimum atomic E-state index is -0.433. The molecule has 1 aliphatic rings. The first-order chi connectivity index (χ1) is 12.2. The van der Waals surface area contributed by atoms with Crippen LogP contribution in [0.2, 0.25) is 10.0 Å². The number of anilines is 2. The summed E-state index contributed by atoms with van der Waals surface area (Å²) in [4.78, 5) is 26.9. The van der Waals surface area contributed by atoms with Crippen molar-refractivity contribution >= 4 is 46.4 Å². The number of hydrogen-bond acceptors (Lipinski definition) is 2. The molecule has 0 fully saturated rings. The van der Waals surface area contributed by atoms with Gasteiger partial charge in [-0.1, -0.05) is 44.0 Å². The highest BCUT2D eigenvalue weighted by Crippen LogP contribution is 2.34. The predicted molar refractivity (Wildman–Crippen MR) is 106 cm³/mol. The van der Waals surface area contributed by atoms with E-state index in [0.29, 0.717) is 27.8 Å². The van der Waals surface area contributed by atoms with Crippen molar-refractivity contribution < 1.29 is 9.59 Å². The first-order valence-corrected chi connectivity index (χ1v) is 9.14. The summed E-state index contributed by atoms with van der Waals surface area (Å²) in [5, 5.41) is 3.64. The average molecular weight is 391 g/mol. The lowest BCUT2D eigenvalue weighted by atomic mass is 9.94. The van der Waals surface area contributed by atoms with Gasteiger partial charge in [-0.05, 0) is 48.4 Å². The molecule has 0 saturated heterocycles. The molecule has 0 aromatic heterocycles. The number of carbonyl (C=O) groups is 2. The molecule has 6 heteroatoms. The Morgan fingerprint density at radius 3 is 2.50 bits per heavy atom. The SMILES string of the molecule is CC(C)(C)C(=O)N1CCc2cc(NC(=O)c3cc(Cl)ccc3Cl)ccc21. The Labute approximate surface area is 163 Å². The van der Waals surface area contributed by atoms with Crippen LogP contribution in [0.4, 0.5) is 11.4 Å². The lowest BCUT2D eigenvalue weighted by Gasteiger charge is -2.26. The van der Waals surface area contributed by atoms with E-state index in [4.69, 9.17) is 23.2 Å². The van der Waals surface area contributed by atoms with Crippen LogP contribution in [0.1, 0.15) is 36.7 Å². The number of fused-ring (bicyclic) bond motifs is 1. The topological polar surface area (TPSA) is 49.4 Å². The van der Waals surface area contributed by atoms with Gasteiger partial charge in [0.15, 0.2) is 0 Å². The quantitative estimate of drug-likeness (QED) is 0.767. The van der Waals surface area contributed by atoms with Gasteiger partial charge in [-0.25, -0.2) is 0 Å². The first kappa shape index (κ1) is 18.7. The molecule has 3 rings (SSSR count). The maximum absolute atomic E-state index is 12.6. The van der Waals surface area contributed by atoms with Crippen LogP contribution in [0.5, 0.6) is 0 Å². The highest BCUT2D eigenvalue weighted by atomic mass is 35.5. The van der Waals surface area contributed by atoms with Crippen molar-refractivity contribution in [2.75, 3.05) is 16.8 Å². The fraction of sp³-hybridized carbons (Fsp3) is 0.300. The molecule has 0 aliphatic carbocycles. The summed E-state index contributed by atoms with van der Waals surface area (Å²) in [5.41, 5.74) is 2.50. The number of amides is 2. The van der Waals surface area contributed by atoms with Crippen molar-refractivity contribution in [2.24, 2.45) is 5.41 Å². The van der Waals surface area contributed by atoms with Crippen LogP contribution in [0.15, 0.2) is 36.4 Å². The van der Waals surface area contributed by atoms with E-state index in [2.05, 4.69) is 5.32 Å². The van der Waals surface area contributed by atoms with Crippen molar-refractivity contribution in [3.05, 3.63) is 57.6 Å². The molecule has 0 spiro atoms. The molecule has 2 aromatic carbocycles. The van der Waals surface area contributed by atoms with Gasteiger partial charge in [-0.15, -0.1) is 0 Å². The molecule has 1 aliphatic heterocycles. The van der Waals surface area contributed by atoms with Gasteiger partial charge in [0.25, 0.3) is 5.91 Å². The van der Waals surface area contributed by atoms with Gasteiger partial charge in [0.1, 0.15) is 0 Å². The number of carbonyl (C=O) groups excluding carboxylic acids is 2. The number of hydrogen-bond donors (Lipinski definition) is 1. The Bertz CT molecular complexity index is 888. The lowest BCUT2D eigenvalue weighted by Crippen LogP contribution is -2.38. The Morgan fingerprint density at radius 2 is 1.81 bits per heavy atom. The Kier molecular flexibility index (Phi) is 5.00. The van der Waals surface area contributed by atoms with E-state index in [9.17, 15) is 9.59 Å². The zero-order valence-electron chi connectivity index (χ0n) is 14.9. The van der Waals surface area contributed by atoms with Crippen LogP contribution < -0.4 is 10.2 Å². The summed E-state index contributed by atoms with van der Waals surface area (Å²) in [6.45, 7) is 6.40. The summed E-state index contributed by atoms with van der Waals surface area (Å²) in [6.07, 6.45) is 0.763. The molecule has 2 amide bonds. The third-order valence-electron chi connectivity index (χ3n) is 4.29. The van der Waals surface area contributed by atoms with E-state index in [-0.39, 0.29) is 11.8 Å². The molecule has 0 saturated carbocycles. The van der Waals surface area contributed by atoms with Gasteiger partial charge < -0.3 is 10.2 Å². The molecule has 1 N–H and O–H groups in total. The van der Waals surface area contributed by atoms with Crippen molar-refractivity contribution in [1.29, 1.82) is 0 Å². The van der Waals surface area contributed by atoms with Crippen molar-refractivity contribution in [3.63, 3.8) is 0 Å². The van der Waals surface area contributed by atoms with Gasteiger partial charge in [-0.3, -0.25) is 9.59 Å². The predicted octanol–water partition coefficient (Wildman–Crippen LogP) is 5.18. The monoisotopic (exact) mass is 390 g/mol. The van der Waals surface area contributed by atoms with E-state index < -0.39 is 5.41 Å². The Balaban J connectivity index is 1.81. The second-order valence-corrected chi connectivity index (χ2v) is 8.22. The van der Waals surface area contributed by atoms with Gasteiger partial charge >= 0.3 is 0 Å². The summed E-state index contributed by atoms with van der Waals surface area (Å²) < 4.78 is 0. The summed E-state index contributed by atoms with van der Waals surface area (Å²) in [5.74, 6) is -0.225. The van der Waals surface area contributed by atoms with Crippen LogP contribution in [-0.2, 0) is 11.2 Å². The molecule has 26 heavy (non-hydrogen) atoms. The summed E-state index contributed by atoms with van der Waals surface area (Å²) in [7, 11) is 0. The van der Waals surface area contributed by atoms with Crippen LogP contribution in [-0.4, -0.2) is 18.4 Å². The zero-order valence-corrected chi connectivity index (χ0v) is 16.4. The maximum Gasteiger partial charge on any atom is 0.257 e. The van der Waals surface area contributed by atoms with Gasteiger partial charge in [-0.2, -0.15) is 0 Å². The van der Waals surface area contributed by atoms with Crippen molar-refractivity contribution in [1.82, 2.24) is 0 Å². The number of nitrogens with zero attached hydrogens (tertiary/aromatic N) is 1. The molecule has 2 aromatic rings. The number of rotatable bonds is 2. The average Bonchev–Trinajstić information content (AvgIpc) is 2.98. The third kappa shape index (κ3) is 3.71. The molecule has 0 radical (unpaired) electrons. The van der Waals surface area contributed by atoms with Gasteiger partial charge in [0.2, 0.25) is 5.91 Å². The largest absolute Gasteiger partial charge is 0.322 e. The van der Waals surface area contributed by atoms with E-state index >= 15 is 0 Å². The molecule has 4 nitrogen and oxygen atoms in total. The smallest absolute Gasteiger partial charge is 0.257 e. The fourth-order valence-corrected chi connectivity index (χ4v) is 3.34. The molecule has 0 bridgehead atoms. The van der Waals surface area contributed by atoms with E-state index in [1.165, 1.54) is 6.07 Å². The van der Waals surface area contributed by atoms with Crippen LogP contribution in [0, 0.1) is 5.41 Å². The standard InChI is InChI=1S/C20H20Cl2N2O2/c1-20(2,3)19(26)24-9-8-12-10-14(5-7-17(12)24)23-18(25)15-11-13(21)4-6-16(15)22/h4-7,10-11H,8-9H2,1-3H3,(H,23,25). The molecule has 1 heterocycles. The van der Waals surface area contributed by atoms with Crippen LogP contribution in [0.25, 0.3) is 0 Å². The fourth-order valence-electron chi connectivity index (χ4n) is 2.97. The second kappa shape index (κ2) is 6.93. The third-order valence-corrected chi connectivity index (χ3v) is 4.86. The van der Waals surface area contributed by atoms with E-state index in [0.717, 1.165) is 17.7 Å². The second-order valence-electron chi connectivity index (χ2n) is 7.38. The molecule has 0 atom stereocenters. The van der Waals surface area contributed by atoms with Crippen LogP contribution in [0.3, 0.4) is 0 Å². The van der Waals surface area contributed by atoms with Crippen molar-refractivity contribution in [3.8, 4) is 0 Å². The molecular weight excluding hydrogens is 371 g/mol. The van der Waals surface area contributed by atoms with Gasteiger partial charge in [0, 0.05) is 28.4 Å². The minimum absolute atomic E-state index is 0.0961. The molecule has 0 unspecified atom stereocenters. The number of benzene rings is 2. The Hall–Kier alpha value is -2.04. The number of nitrogens with one attached hydrogen (secondary N) is 1. The maximum atomic E-state index is 12.6. The van der Waals surface area contributed by atoms with E-state index in [1.54, 1.807) is 18.2 Å². The normalized spacial score (nSPS) is 13.5. The van der Waals surface area contributed by atoms with Crippen LogP contribution >= 0.6 is 23.2 Å². The van der Waals surface area contributed by atoms with Gasteiger partial charge in [0.05, 0.1) is 10.6 Å². The summed E-state index contributed by atoms with van der Waals surface area (Å²) >= 11 is 12.0. The Morgan fingerprint density at radius 1 is 1.08 bits per heavy atom. The zero-order chi connectivity index (χ0) is 19.1. The number of halogens is 2. The summed E-state index contributed by atoms with van der Waals surface area (Å²) in [6, 6.07) is 10.3. The first-order valence-electron chi connectivity index (χ1n) is 8.38. The highest BCUT2D eigenvalue weighted by Gasteiger charge is 2.32. The lowest BCUT2D eigenvalue weighted by molar-refractivity contribution is -0.125. The minimum Gasteiger partial charge on any atom is -0.322 e.